The molecule has 0 aliphatic carbocycles. The molecule has 9 heavy (non-hydrogen) atoms. The standard InChI is InChI=1S/C7H11NO/c1-2-5-9-7-3-4-8-6-7/h3-4,6,8H,2,5H2,1H3. The Morgan fingerprint density at radius 2 is 2.56 bits per heavy atom. The highest BCUT2D eigenvalue weighted by Crippen LogP contribution is 2.06. The van der Waals surface area contributed by atoms with E-state index >= 15 is 0 Å². The Morgan fingerprint density at radius 3 is 3.11 bits per heavy atom. The number of H-pyrrole nitrogens is 1. The Bertz CT molecular complexity index is 146. The number of rotatable bonds is 3. The lowest BCUT2D eigenvalue weighted by molar-refractivity contribution is 0.318. The Hall–Kier alpha value is -0.920. The quantitative estimate of drug-likeness (QED) is 0.654. The predicted octanol–water partition coefficient (Wildman–Crippen LogP) is 1.80. The van der Waals surface area contributed by atoms with Crippen LogP contribution in [-0.4, -0.2) is 11.6 Å². The second kappa shape index (κ2) is 3.17. The maximum absolute atomic E-state index is 5.26. The monoisotopic (exact) mass is 125 g/mol. The van der Waals surface area contributed by atoms with Gasteiger partial charge < -0.3 is 9.72 Å². The third kappa shape index (κ3) is 1.80. The van der Waals surface area contributed by atoms with Crippen molar-refractivity contribution in [2.45, 2.75) is 13.3 Å². The first kappa shape index (κ1) is 6.20. The van der Waals surface area contributed by atoms with Gasteiger partial charge in [0.2, 0.25) is 0 Å². The van der Waals surface area contributed by atoms with E-state index < -0.39 is 0 Å². The van der Waals surface area contributed by atoms with Crippen molar-refractivity contribution in [3.63, 3.8) is 0 Å². The van der Waals surface area contributed by atoms with Crippen LogP contribution in [0.2, 0.25) is 0 Å². The second-order valence-corrected chi connectivity index (χ2v) is 1.90. The molecule has 0 fully saturated rings. The molecule has 0 saturated heterocycles. The molecule has 2 nitrogen and oxygen atoms in total. The Labute approximate surface area is 54.8 Å². The summed E-state index contributed by atoms with van der Waals surface area (Å²) in [5.74, 6) is 0.928. The zero-order chi connectivity index (χ0) is 6.53. The molecule has 1 rings (SSSR count). The fraction of sp³-hybridized carbons (Fsp3) is 0.429. The summed E-state index contributed by atoms with van der Waals surface area (Å²) in [5.41, 5.74) is 0. The van der Waals surface area contributed by atoms with Crippen LogP contribution in [0.1, 0.15) is 13.3 Å². The van der Waals surface area contributed by atoms with Crippen LogP contribution in [0.15, 0.2) is 18.5 Å². The number of hydrogen-bond donors (Lipinski definition) is 1. The molecule has 0 spiro atoms. The molecule has 0 saturated carbocycles. The van der Waals surface area contributed by atoms with Gasteiger partial charge in [-0.25, -0.2) is 0 Å². The van der Waals surface area contributed by atoms with Gasteiger partial charge in [-0.1, -0.05) is 6.92 Å². The molecule has 0 aromatic carbocycles. The van der Waals surface area contributed by atoms with Crippen molar-refractivity contribution in [2.24, 2.45) is 0 Å². The lowest BCUT2D eigenvalue weighted by Crippen LogP contribution is -1.92. The number of nitrogens with one attached hydrogen (secondary N) is 1. The highest BCUT2D eigenvalue weighted by molar-refractivity contribution is 5.15. The van der Waals surface area contributed by atoms with Gasteiger partial charge in [-0.2, -0.15) is 0 Å². The minimum Gasteiger partial charge on any atom is -0.492 e. The van der Waals surface area contributed by atoms with Gasteiger partial charge in [0.05, 0.1) is 6.61 Å². The van der Waals surface area contributed by atoms with E-state index in [2.05, 4.69) is 11.9 Å². The van der Waals surface area contributed by atoms with Crippen LogP contribution in [0.5, 0.6) is 5.75 Å². The van der Waals surface area contributed by atoms with Crippen molar-refractivity contribution in [3.05, 3.63) is 18.5 Å². The predicted molar refractivity (Wildman–Crippen MR) is 36.6 cm³/mol. The summed E-state index contributed by atoms with van der Waals surface area (Å²) in [6.07, 6.45) is 4.76. The Balaban J connectivity index is 2.30. The summed E-state index contributed by atoms with van der Waals surface area (Å²) >= 11 is 0. The minimum atomic E-state index is 0.803. The highest BCUT2D eigenvalue weighted by atomic mass is 16.5. The van der Waals surface area contributed by atoms with E-state index in [4.69, 9.17) is 4.74 Å². The molecule has 1 aromatic heterocycles. The second-order valence-electron chi connectivity index (χ2n) is 1.90. The summed E-state index contributed by atoms with van der Waals surface area (Å²) in [5, 5.41) is 0. The Kier molecular flexibility index (Phi) is 2.19. The molecule has 0 aliphatic rings. The molecule has 0 amide bonds. The third-order valence-corrected chi connectivity index (χ3v) is 1.04. The van der Waals surface area contributed by atoms with Gasteiger partial charge in [0, 0.05) is 12.4 Å². The zero-order valence-corrected chi connectivity index (χ0v) is 5.55. The molecule has 0 aliphatic heterocycles. The van der Waals surface area contributed by atoms with Gasteiger partial charge in [0.1, 0.15) is 5.75 Å². The van der Waals surface area contributed by atoms with E-state index in [-0.39, 0.29) is 0 Å². The van der Waals surface area contributed by atoms with Crippen molar-refractivity contribution >= 4 is 0 Å². The Morgan fingerprint density at radius 1 is 1.67 bits per heavy atom. The fourth-order valence-corrected chi connectivity index (χ4v) is 0.618. The van der Waals surface area contributed by atoms with Crippen molar-refractivity contribution in [2.75, 3.05) is 6.61 Å². The number of aromatic nitrogens is 1. The van der Waals surface area contributed by atoms with Crippen molar-refractivity contribution < 1.29 is 4.74 Å². The van der Waals surface area contributed by atoms with E-state index in [1.165, 1.54) is 0 Å². The topological polar surface area (TPSA) is 25.0 Å². The van der Waals surface area contributed by atoms with E-state index in [1.807, 2.05) is 18.5 Å². The number of hydrogen-bond acceptors (Lipinski definition) is 1. The summed E-state index contributed by atoms with van der Waals surface area (Å²) in [6.45, 7) is 2.89. The maximum atomic E-state index is 5.26. The van der Waals surface area contributed by atoms with E-state index in [0.717, 1.165) is 18.8 Å². The van der Waals surface area contributed by atoms with Crippen LogP contribution in [0, 0.1) is 0 Å². The van der Waals surface area contributed by atoms with Crippen LogP contribution < -0.4 is 4.74 Å². The molecule has 0 radical (unpaired) electrons. The van der Waals surface area contributed by atoms with Crippen LogP contribution >= 0.6 is 0 Å². The van der Waals surface area contributed by atoms with E-state index in [1.54, 1.807) is 0 Å². The van der Waals surface area contributed by atoms with Crippen LogP contribution in [-0.2, 0) is 0 Å². The molecule has 2 heteroatoms. The minimum absolute atomic E-state index is 0.803. The van der Waals surface area contributed by atoms with Crippen LogP contribution in [0.25, 0.3) is 0 Å². The van der Waals surface area contributed by atoms with Gasteiger partial charge in [0.15, 0.2) is 0 Å². The van der Waals surface area contributed by atoms with Crippen LogP contribution in [0.4, 0.5) is 0 Å². The first-order chi connectivity index (χ1) is 4.43. The third-order valence-electron chi connectivity index (χ3n) is 1.04. The molecule has 0 unspecified atom stereocenters. The smallest absolute Gasteiger partial charge is 0.136 e. The summed E-state index contributed by atoms with van der Waals surface area (Å²) in [6, 6.07) is 1.91. The molecule has 0 bridgehead atoms. The SMILES string of the molecule is CCCOc1cc[nH]c1. The van der Waals surface area contributed by atoms with Gasteiger partial charge in [0.25, 0.3) is 0 Å². The lowest BCUT2D eigenvalue weighted by atomic mass is 10.5. The lowest BCUT2D eigenvalue weighted by Gasteiger charge is -1.97. The van der Waals surface area contributed by atoms with Crippen molar-refractivity contribution in [1.29, 1.82) is 0 Å². The van der Waals surface area contributed by atoms with Gasteiger partial charge in [-0.05, 0) is 12.5 Å². The van der Waals surface area contributed by atoms with Crippen LogP contribution in [0.3, 0.4) is 0 Å². The molecule has 1 aromatic rings. The number of aromatic amines is 1. The first-order valence-electron chi connectivity index (χ1n) is 3.19. The summed E-state index contributed by atoms with van der Waals surface area (Å²) < 4.78 is 5.26. The average molecular weight is 125 g/mol. The first-order valence-corrected chi connectivity index (χ1v) is 3.19. The maximum Gasteiger partial charge on any atom is 0.136 e. The molecular weight excluding hydrogens is 114 g/mol. The van der Waals surface area contributed by atoms with Crippen molar-refractivity contribution in [1.82, 2.24) is 4.98 Å². The summed E-state index contributed by atoms with van der Waals surface area (Å²) in [7, 11) is 0. The van der Waals surface area contributed by atoms with E-state index in [0.29, 0.717) is 0 Å². The van der Waals surface area contributed by atoms with Gasteiger partial charge >= 0.3 is 0 Å². The summed E-state index contributed by atoms with van der Waals surface area (Å²) in [4.78, 5) is 2.91. The van der Waals surface area contributed by atoms with Gasteiger partial charge in [-0.15, -0.1) is 0 Å². The van der Waals surface area contributed by atoms with Crippen molar-refractivity contribution in [3.8, 4) is 5.75 Å². The molecule has 1 heterocycles. The molecular formula is C7H11NO. The van der Waals surface area contributed by atoms with Gasteiger partial charge in [-0.3, -0.25) is 0 Å². The number of ether oxygens (including phenoxy) is 1. The molecule has 50 valence electrons. The zero-order valence-electron chi connectivity index (χ0n) is 5.55. The fourth-order valence-electron chi connectivity index (χ4n) is 0.618. The highest BCUT2D eigenvalue weighted by Gasteiger charge is 1.87. The average Bonchev–Trinajstić information content (AvgIpc) is 2.34. The van der Waals surface area contributed by atoms with E-state index in [9.17, 15) is 0 Å². The normalized spacial score (nSPS) is 9.44. The molecule has 1 N–H and O–H groups in total. The molecule has 0 atom stereocenters. The largest absolute Gasteiger partial charge is 0.492 e.